The van der Waals surface area contributed by atoms with Crippen molar-refractivity contribution in [2.24, 2.45) is 11.7 Å². The molecule has 0 radical (unpaired) electrons. The molecular weight excluding hydrogens is 203 g/mol. The summed E-state index contributed by atoms with van der Waals surface area (Å²) in [4.78, 5) is 0. The molecule has 1 aromatic rings. The minimum atomic E-state index is -0.190. The first-order valence-electron chi connectivity index (χ1n) is 5.99. The summed E-state index contributed by atoms with van der Waals surface area (Å²) < 4.78 is 12.7. The first-order chi connectivity index (χ1) is 7.74. The standard InChI is InChI=1S/C13H19FN2/c14-11-4-6-13(7-5-11)16-9-10-2-1-3-12(15)8-10/h4-7,10,12,16H,1-3,8-9,15H2. The van der Waals surface area contributed by atoms with Crippen molar-refractivity contribution in [3.8, 4) is 0 Å². The summed E-state index contributed by atoms with van der Waals surface area (Å²) in [5.74, 6) is 0.471. The average molecular weight is 222 g/mol. The molecule has 0 saturated heterocycles. The number of benzene rings is 1. The predicted molar refractivity (Wildman–Crippen MR) is 64.8 cm³/mol. The molecule has 1 aliphatic carbocycles. The Labute approximate surface area is 96.0 Å². The van der Waals surface area contributed by atoms with Crippen LogP contribution in [0.25, 0.3) is 0 Å². The molecule has 16 heavy (non-hydrogen) atoms. The van der Waals surface area contributed by atoms with Crippen molar-refractivity contribution in [3.63, 3.8) is 0 Å². The molecule has 0 heterocycles. The molecule has 0 aromatic heterocycles. The van der Waals surface area contributed by atoms with E-state index in [0.29, 0.717) is 12.0 Å². The highest BCUT2D eigenvalue weighted by atomic mass is 19.1. The van der Waals surface area contributed by atoms with Crippen LogP contribution in [0.2, 0.25) is 0 Å². The molecule has 88 valence electrons. The van der Waals surface area contributed by atoms with Crippen molar-refractivity contribution in [2.75, 3.05) is 11.9 Å². The summed E-state index contributed by atoms with van der Waals surface area (Å²) in [7, 11) is 0. The van der Waals surface area contributed by atoms with Crippen LogP contribution < -0.4 is 11.1 Å². The molecule has 2 unspecified atom stereocenters. The highest BCUT2D eigenvalue weighted by Gasteiger charge is 2.18. The van der Waals surface area contributed by atoms with Gasteiger partial charge in [-0.1, -0.05) is 6.42 Å². The molecule has 3 N–H and O–H groups in total. The van der Waals surface area contributed by atoms with E-state index in [2.05, 4.69) is 5.32 Å². The minimum Gasteiger partial charge on any atom is -0.385 e. The fourth-order valence-electron chi connectivity index (χ4n) is 2.35. The van der Waals surface area contributed by atoms with E-state index >= 15 is 0 Å². The van der Waals surface area contributed by atoms with Gasteiger partial charge in [0.1, 0.15) is 5.82 Å². The van der Waals surface area contributed by atoms with Crippen molar-refractivity contribution in [2.45, 2.75) is 31.7 Å². The summed E-state index contributed by atoms with van der Waals surface area (Å²) >= 11 is 0. The van der Waals surface area contributed by atoms with Crippen LogP contribution in [0.4, 0.5) is 10.1 Å². The van der Waals surface area contributed by atoms with Gasteiger partial charge < -0.3 is 11.1 Å². The lowest BCUT2D eigenvalue weighted by Gasteiger charge is -2.27. The summed E-state index contributed by atoms with van der Waals surface area (Å²) in [6.45, 7) is 0.944. The van der Waals surface area contributed by atoms with Crippen LogP contribution in [-0.2, 0) is 0 Å². The van der Waals surface area contributed by atoms with Gasteiger partial charge in [0.2, 0.25) is 0 Å². The van der Waals surface area contributed by atoms with Crippen molar-refractivity contribution in [3.05, 3.63) is 30.1 Å². The van der Waals surface area contributed by atoms with Crippen LogP contribution in [0.15, 0.2) is 24.3 Å². The molecule has 2 nitrogen and oxygen atoms in total. The van der Waals surface area contributed by atoms with E-state index in [-0.39, 0.29) is 5.82 Å². The van der Waals surface area contributed by atoms with Gasteiger partial charge in [-0.25, -0.2) is 4.39 Å². The van der Waals surface area contributed by atoms with Gasteiger partial charge in [0.15, 0.2) is 0 Å². The van der Waals surface area contributed by atoms with Gasteiger partial charge in [-0.05, 0) is 49.4 Å². The molecule has 2 atom stereocenters. The fourth-order valence-corrected chi connectivity index (χ4v) is 2.35. The van der Waals surface area contributed by atoms with E-state index in [1.165, 1.54) is 25.0 Å². The molecule has 3 heteroatoms. The van der Waals surface area contributed by atoms with Crippen molar-refractivity contribution in [1.29, 1.82) is 0 Å². The second kappa shape index (κ2) is 5.30. The number of rotatable bonds is 3. The molecule has 1 aliphatic rings. The molecule has 1 saturated carbocycles. The monoisotopic (exact) mass is 222 g/mol. The highest BCUT2D eigenvalue weighted by Crippen LogP contribution is 2.23. The van der Waals surface area contributed by atoms with Gasteiger partial charge in [-0.3, -0.25) is 0 Å². The van der Waals surface area contributed by atoms with E-state index in [1.807, 2.05) is 0 Å². The number of anilines is 1. The third-order valence-corrected chi connectivity index (χ3v) is 3.26. The largest absolute Gasteiger partial charge is 0.385 e. The van der Waals surface area contributed by atoms with Gasteiger partial charge >= 0.3 is 0 Å². The normalized spacial score (nSPS) is 25.4. The quantitative estimate of drug-likeness (QED) is 0.825. The first kappa shape index (κ1) is 11.4. The minimum absolute atomic E-state index is 0.190. The SMILES string of the molecule is NC1CCCC(CNc2ccc(F)cc2)C1. The molecule has 1 aromatic carbocycles. The second-order valence-electron chi connectivity index (χ2n) is 4.68. The molecular formula is C13H19FN2. The Kier molecular flexibility index (Phi) is 3.78. The van der Waals surface area contributed by atoms with E-state index in [4.69, 9.17) is 5.73 Å². The third kappa shape index (κ3) is 3.20. The smallest absolute Gasteiger partial charge is 0.123 e. The highest BCUT2D eigenvalue weighted by molar-refractivity contribution is 5.42. The van der Waals surface area contributed by atoms with Crippen LogP contribution in [-0.4, -0.2) is 12.6 Å². The van der Waals surface area contributed by atoms with Gasteiger partial charge in [0.25, 0.3) is 0 Å². The Balaban J connectivity index is 1.80. The lowest BCUT2D eigenvalue weighted by molar-refractivity contribution is 0.335. The Hall–Kier alpha value is -1.09. The molecule has 0 bridgehead atoms. The number of hydrogen-bond donors (Lipinski definition) is 2. The zero-order valence-electron chi connectivity index (χ0n) is 9.45. The van der Waals surface area contributed by atoms with E-state index < -0.39 is 0 Å². The maximum atomic E-state index is 12.7. The molecule has 0 amide bonds. The van der Waals surface area contributed by atoms with E-state index in [0.717, 1.165) is 25.1 Å². The Morgan fingerprint density at radius 3 is 2.69 bits per heavy atom. The summed E-state index contributed by atoms with van der Waals surface area (Å²) in [5, 5.41) is 3.34. The topological polar surface area (TPSA) is 38.0 Å². The van der Waals surface area contributed by atoms with Crippen LogP contribution in [0.1, 0.15) is 25.7 Å². The van der Waals surface area contributed by atoms with Crippen LogP contribution in [0.3, 0.4) is 0 Å². The second-order valence-corrected chi connectivity index (χ2v) is 4.68. The lowest BCUT2D eigenvalue weighted by atomic mass is 9.86. The number of nitrogens with one attached hydrogen (secondary N) is 1. The molecule has 1 fully saturated rings. The predicted octanol–water partition coefficient (Wildman–Crippen LogP) is 2.76. The summed E-state index contributed by atoms with van der Waals surface area (Å²) in [5.41, 5.74) is 6.92. The number of halogens is 1. The van der Waals surface area contributed by atoms with Crippen molar-refractivity contribution >= 4 is 5.69 Å². The van der Waals surface area contributed by atoms with Crippen LogP contribution in [0, 0.1) is 11.7 Å². The Morgan fingerprint density at radius 1 is 1.25 bits per heavy atom. The van der Waals surface area contributed by atoms with Gasteiger partial charge in [0.05, 0.1) is 0 Å². The zero-order valence-corrected chi connectivity index (χ0v) is 9.45. The van der Waals surface area contributed by atoms with E-state index in [1.54, 1.807) is 12.1 Å². The average Bonchev–Trinajstić information content (AvgIpc) is 2.28. The molecule has 0 spiro atoms. The van der Waals surface area contributed by atoms with Gasteiger partial charge in [0, 0.05) is 18.3 Å². The number of hydrogen-bond acceptors (Lipinski definition) is 2. The van der Waals surface area contributed by atoms with Gasteiger partial charge in [-0.2, -0.15) is 0 Å². The zero-order chi connectivity index (χ0) is 11.4. The summed E-state index contributed by atoms with van der Waals surface area (Å²) in [6, 6.07) is 6.88. The van der Waals surface area contributed by atoms with Crippen LogP contribution >= 0.6 is 0 Å². The van der Waals surface area contributed by atoms with Crippen molar-refractivity contribution in [1.82, 2.24) is 0 Å². The van der Waals surface area contributed by atoms with Crippen LogP contribution in [0.5, 0.6) is 0 Å². The van der Waals surface area contributed by atoms with Crippen molar-refractivity contribution < 1.29 is 4.39 Å². The Bertz CT molecular complexity index is 323. The fraction of sp³-hybridized carbons (Fsp3) is 0.538. The number of nitrogens with two attached hydrogens (primary N) is 1. The molecule has 2 rings (SSSR count). The maximum Gasteiger partial charge on any atom is 0.123 e. The van der Waals surface area contributed by atoms with Gasteiger partial charge in [-0.15, -0.1) is 0 Å². The first-order valence-corrected chi connectivity index (χ1v) is 5.99. The maximum absolute atomic E-state index is 12.7. The third-order valence-electron chi connectivity index (χ3n) is 3.26. The lowest BCUT2D eigenvalue weighted by Crippen LogP contribution is -2.30. The summed E-state index contributed by atoms with van der Waals surface area (Å²) in [6.07, 6.45) is 4.75. The molecule has 0 aliphatic heterocycles. The Morgan fingerprint density at radius 2 is 2.00 bits per heavy atom. The van der Waals surface area contributed by atoms with E-state index in [9.17, 15) is 4.39 Å².